The number of pyridine rings is 1. The lowest BCUT2D eigenvalue weighted by Gasteiger charge is -2.08. The second-order valence-electron chi connectivity index (χ2n) is 5.67. The zero-order chi connectivity index (χ0) is 16.0. The van der Waals surface area contributed by atoms with Gasteiger partial charge in [0, 0.05) is 16.6 Å². The van der Waals surface area contributed by atoms with Crippen molar-refractivity contribution in [3.05, 3.63) is 50.3 Å². The van der Waals surface area contributed by atoms with Crippen LogP contribution in [0.25, 0.3) is 10.9 Å². The molecule has 0 bridgehead atoms. The number of H-pyrrole nitrogens is 1. The van der Waals surface area contributed by atoms with Gasteiger partial charge in [0.15, 0.2) is 0 Å². The van der Waals surface area contributed by atoms with Crippen molar-refractivity contribution in [3.63, 3.8) is 0 Å². The molecule has 0 atom stereocenters. The quantitative estimate of drug-likeness (QED) is 0.757. The molecule has 1 amide bonds. The topological polar surface area (TPSA) is 87.7 Å². The van der Waals surface area contributed by atoms with Crippen molar-refractivity contribution in [1.29, 1.82) is 0 Å². The molecular weight excluding hydrogens is 312 g/mol. The van der Waals surface area contributed by atoms with Gasteiger partial charge in [-0.25, -0.2) is 0 Å². The van der Waals surface area contributed by atoms with Gasteiger partial charge in [-0.05, 0) is 55.4 Å². The van der Waals surface area contributed by atoms with Crippen LogP contribution in [0.3, 0.4) is 0 Å². The number of hydrogen-bond acceptors (Lipinski definition) is 5. The molecule has 4 rings (SSSR count). The van der Waals surface area contributed by atoms with E-state index in [1.165, 1.54) is 0 Å². The molecule has 1 aliphatic carbocycles. The normalized spacial score (nSPS) is 13.3. The third-order valence-electron chi connectivity index (χ3n) is 4.20. The predicted molar refractivity (Wildman–Crippen MR) is 89.2 cm³/mol. The molecule has 6 nitrogen and oxygen atoms in total. The maximum absolute atomic E-state index is 12.2. The minimum absolute atomic E-state index is 0.0176. The number of fused-ring (bicyclic) bond motifs is 3. The molecule has 1 aliphatic rings. The van der Waals surface area contributed by atoms with Crippen molar-refractivity contribution >= 4 is 34.0 Å². The molecule has 116 valence electrons. The zero-order valence-corrected chi connectivity index (χ0v) is 13.3. The van der Waals surface area contributed by atoms with E-state index in [9.17, 15) is 9.59 Å². The Bertz CT molecular complexity index is 989. The third kappa shape index (κ3) is 2.33. The minimum atomic E-state index is -0.236. The van der Waals surface area contributed by atoms with E-state index in [0.717, 1.165) is 52.8 Å². The summed E-state index contributed by atoms with van der Waals surface area (Å²) < 4.78 is 3.77. The molecule has 3 aromatic rings. The van der Waals surface area contributed by atoms with E-state index in [-0.39, 0.29) is 11.5 Å². The molecular formula is C16H14N4O2S. The highest BCUT2D eigenvalue weighted by molar-refractivity contribution is 7.08. The fourth-order valence-corrected chi connectivity index (χ4v) is 3.66. The first-order valence-corrected chi connectivity index (χ1v) is 8.19. The first-order valence-electron chi connectivity index (χ1n) is 7.41. The lowest BCUT2D eigenvalue weighted by atomic mass is 10.1. The maximum atomic E-state index is 12.2. The van der Waals surface area contributed by atoms with Crippen molar-refractivity contribution in [1.82, 2.24) is 14.6 Å². The highest BCUT2D eigenvalue weighted by Crippen LogP contribution is 2.28. The molecule has 1 aromatic carbocycles. The van der Waals surface area contributed by atoms with Crippen molar-refractivity contribution in [2.45, 2.75) is 26.2 Å². The highest BCUT2D eigenvalue weighted by atomic mass is 32.1. The van der Waals surface area contributed by atoms with Crippen molar-refractivity contribution < 1.29 is 4.79 Å². The minimum Gasteiger partial charge on any atom is -0.322 e. The Morgan fingerprint density at radius 3 is 2.91 bits per heavy atom. The number of hydrogen-bond donors (Lipinski definition) is 2. The van der Waals surface area contributed by atoms with Crippen LogP contribution in [-0.4, -0.2) is 20.5 Å². The molecule has 0 fully saturated rings. The van der Waals surface area contributed by atoms with Crippen LogP contribution < -0.4 is 10.9 Å². The number of aryl methyl sites for hydroxylation is 2. The molecule has 2 aromatic heterocycles. The summed E-state index contributed by atoms with van der Waals surface area (Å²) in [6, 6.07) is 5.63. The maximum Gasteiger partial charge on any atom is 0.269 e. The molecule has 0 saturated heterocycles. The van der Waals surface area contributed by atoms with Crippen LogP contribution in [-0.2, 0) is 12.8 Å². The molecule has 0 unspecified atom stereocenters. The Hall–Kier alpha value is -2.54. The molecule has 2 heterocycles. The standard InChI is InChI=1S/C16H14N4O2S/c1-8-14(23-20-19-8)16(22)17-9-5-6-11-10-3-2-4-12(10)15(21)18-13(11)7-9/h5-7H,2-4H2,1H3,(H,17,22)(H,18,21). The van der Waals surface area contributed by atoms with Crippen LogP contribution in [0, 0.1) is 6.92 Å². The van der Waals surface area contributed by atoms with Crippen molar-refractivity contribution in [2.75, 3.05) is 5.32 Å². The monoisotopic (exact) mass is 326 g/mol. The second kappa shape index (κ2) is 5.27. The van der Waals surface area contributed by atoms with Gasteiger partial charge in [0.05, 0.1) is 11.2 Å². The summed E-state index contributed by atoms with van der Waals surface area (Å²) in [4.78, 5) is 27.8. The van der Waals surface area contributed by atoms with Gasteiger partial charge in [0.2, 0.25) is 0 Å². The van der Waals surface area contributed by atoms with Crippen LogP contribution >= 0.6 is 11.5 Å². The van der Waals surface area contributed by atoms with Crippen LogP contribution in [0.4, 0.5) is 5.69 Å². The van der Waals surface area contributed by atoms with Crippen LogP contribution in [0.1, 0.15) is 32.9 Å². The summed E-state index contributed by atoms with van der Waals surface area (Å²) in [7, 11) is 0. The summed E-state index contributed by atoms with van der Waals surface area (Å²) in [5.74, 6) is -0.236. The summed E-state index contributed by atoms with van der Waals surface area (Å²) >= 11 is 1.07. The molecule has 2 N–H and O–H groups in total. The Balaban J connectivity index is 1.73. The van der Waals surface area contributed by atoms with Gasteiger partial charge >= 0.3 is 0 Å². The van der Waals surface area contributed by atoms with Crippen LogP contribution in [0.2, 0.25) is 0 Å². The number of nitrogens with zero attached hydrogens (tertiary/aromatic N) is 2. The second-order valence-corrected chi connectivity index (χ2v) is 6.42. The molecule has 0 aliphatic heterocycles. The first-order chi connectivity index (χ1) is 11.1. The average Bonchev–Trinajstić information content (AvgIpc) is 3.16. The molecule has 23 heavy (non-hydrogen) atoms. The summed E-state index contributed by atoms with van der Waals surface area (Å²) in [6.07, 6.45) is 2.80. The lowest BCUT2D eigenvalue weighted by molar-refractivity contribution is 0.103. The Kier molecular flexibility index (Phi) is 3.23. The van der Waals surface area contributed by atoms with Crippen LogP contribution in [0.5, 0.6) is 0 Å². The van der Waals surface area contributed by atoms with E-state index in [0.29, 0.717) is 16.3 Å². The first kappa shape index (κ1) is 14.1. The van der Waals surface area contributed by atoms with Gasteiger partial charge in [-0.2, -0.15) is 0 Å². The van der Waals surface area contributed by atoms with Gasteiger partial charge < -0.3 is 10.3 Å². The van der Waals surface area contributed by atoms with Crippen molar-refractivity contribution in [2.24, 2.45) is 0 Å². The number of carbonyl (C=O) groups excluding carboxylic acids is 1. The Morgan fingerprint density at radius 1 is 1.30 bits per heavy atom. The number of amides is 1. The number of rotatable bonds is 2. The number of aromatic amines is 1. The summed E-state index contributed by atoms with van der Waals surface area (Å²) in [6.45, 7) is 1.75. The summed E-state index contributed by atoms with van der Waals surface area (Å²) in [5.41, 5.74) is 4.04. The fourth-order valence-electron chi connectivity index (χ4n) is 3.11. The average molecular weight is 326 g/mol. The van der Waals surface area contributed by atoms with E-state index in [1.54, 1.807) is 13.0 Å². The fraction of sp³-hybridized carbons (Fsp3) is 0.250. The van der Waals surface area contributed by atoms with Gasteiger partial charge in [0.1, 0.15) is 4.88 Å². The molecule has 0 saturated carbocycles. The van der Waals surface area contributed by atoms with E-state index < -0.39 is 0 Å². The highest BCUT2D eigenvalue weighted by Gasteiger charge is 2.18. The lowest BCUT2D eigenvalue weighted by Crippen LogP contribution is -2.14. The molecule has 0 radical (unpaired) electrons. The molecule has 7 heteroatoms. The largest absolute Gasteiger partial charge is 0.322 e. The van der Waals surface area contributed by atoms with E-state index >= 15 is 0 Å². The Labute approximate surface area is 135 Å². The van der Waals surface area contributed by atoms with Gasteiger partial charge in [0.25, 0.3) is 11.5 Å². The number of aromatic nitrogens is 3. The number of benzene rings is 1. The van der Waals surface area contributed by atoms with Crippen LogP contribution in [0.15, 0.2) is 23.0 Å². The summed E-state index contributed by atoms with van der Waals surface area (Å²) in [5, 5.41) is 7.74. The van der Waals surface area contributed by atoms with E-state index in [4.69, 9.17) is 0 Å². The van der Waals surface area contributed by atoms with Gasteiger partial charge in [-0.1, -0.05) is 10.6 Å². The van der Waals surface area contributed by atoms with E-state index in [2.05, 4.69) is 19.9 Å². The number of anilines is 1. The number of nitrogens with one attached hydrogen (secondary N) is 2. The predicted octanol–water partition coefficient (Wildman–Crippen LogP) is 2.43. The van der Waals surface area contributed by atoms with E-state index in [1.807, 2.05) is 12.1 Å². The smallest absolute Gasteiger partial charge is 0.269 e. The third-order valence-corrected chi connectivity index (χ3v) is 5.03. The van der Waals surface area contributed by atoms with Gasteiger partial charge in [-0.15, -0.1) is 5.10 Å². The Morgan fingerprint density at radius 2 is 2.13 bits per heavy atom. The SMILES string of the molecule is Cc1nnsc1C(=O)Nc1ccc2c3c(c(=O)[nH]c2c1)CCC3. The molecule has 0 spiro atoms. The zero-order valence-electron chi connectivity index (χ0n) is 12.5. The number of carbonyl (C=O) groups is 1. The van der Waals surface area contributed by atoms with Gasteiger partial charge in [-0.3, -0.25) is 9.59 Å². The van der Waals surface area contributed by atoms with Crippen molar-refractivity contribution in [3.8, 4) is 0 Å².